The third-order valence-electron chi connectivity index (χ3n) is 17.3. The third-order valence-corrected chi connectivity index (χ3v) is 26.7. The van der Waals surface area contributed by atoms with Gasteiger partial charge in [0, 0.05) is 133 Å². The molecule has 0 spiro atoms. The van der Waals surface area contributed by atoms with E-state index in [1.807, 2.05) is 99.0 Å². The molecule has 120 heavy (non-hydrogen) atoms. The van der Waals surface area contributed by atoms with E-state index in [0.717, 1.165) is 139 Å². The van der Waals surface area contributed by atoms with Gasteiger partial charge in [-0.3, -0.25) is 9.59 Å². The van der Waals surface area contributed by atoms with Crippen molar-refractivity contribution < 1.29 is 57.5 Å². The molecule has 5 N–H and O–H groups in total. The van der Waals surface area contributed by atoms with E-state index in [0.29, 0.717) is 92.8 Å². The molecule has 7 aromatic carbocycles. The van der Waals surface area contributed by atoms with Crippen LogP contribution in [0.1, 0.15) is 125 Å². The molecule has 0 saturated carbocycles. The number of nitrogen functional groups attached to an aromatic ring is 2. The lowest BCUT2D eigenvalue weighted by Gasteiger charge is -2.31. The number of aryl methyl sites for hydroxylation is 2. The number of hydrogen-bond donors (Lipinski definition) is 3. The second kappa shape index (κ2) is 51.0. The highest BCUT2D eigenvalue weighted by Crippen LogP contribution is 2.37. The minimum absolute atomic E-state index is 0.0155. The average Bonchev–Trinajstić information content (AvgIpc) is 1.29. The fraction of sp³-hybridized carbons (Fsp3) is 0.366. The van der Waals surface area contributed by atoms with E-state index in [1.54, 1.807) is 66.0 Å². The van der Waals surface area contributed by atoms with Crippen LogP contribution in [0.5, 0.6) is 0 Å². The predicted octanol–water partition coefficient (Wildman–Crippen LogP) is 19.7. The molecule has 3 fully saturated rings. The summed E-state index contributed by atoms with van der Waals surface area (Å²) in [6, 6.07) is 41.7. The van der Waals surface area contributed by atoms with E-state index in [4.69, 9.17) is 107 Å². The minimum Gasteiger partial charge on any atom is -0.379 e. The zero-order valence-electron chi connectivity index (χ0n) is 67.0. The van der Waals surface area contributed by atoms with Crippen LogP contribution in [-0.4, -0.2) is 163 Å². The van der Waals surface area contributed by atoms with Crippen LogP contribution in [0.15, 0.2) is 148 Å². The smallest absolute Gasteiger partial charge is 0.222 e. The molecule has 652 valence electrons. The van der Waals surface area contributed by atoms with Crippen molar-refractivity contribution in [3.05, 3.63) is 262 Å². The van der Waals surface area contributed by atoms with Gasteiger partial charge in [-0.05, 0) is 206 Å². The molecule has 2 aromatic heterocycles. The summed E-state index contributed by atoms with van der Waals surface area (Å²) in [4.78, 5) is 42.1. The van der Waals surface area contributed by atoms with Crippen LogP contribution in [0.2, 0.25) is 35.2 Å². The molecule has 22 nitrogen and oxygen atoms in total. The SMILES string of the molecule is CS(=O)(=O)Cc1ccc(C2COCCCN2)c(Cl)c1.CS(=O)(=O)Cc1ccc(C=O)c(Cl)c1.CSCc1ccc(Br)c(Cl)c1.CSCc1ccc(C=O)c(Cl)c1.Cc1cc(N2CCCOCC2c2ccc(CS(C)(=O)=O)cc2Cl)nc(N)n1.Cc1cc(N2CCCOC[C@H]2c2ccc(CS(C)(=O)=O)cc2Cl)nc(N)n1.Clc1cc(CBr)ccc1Br. The summed E-state index contributed by atoms with van der Waals surface area (Å²) in [7, 11) is -12.3. The van der Waals surface area contributed by atoms with Gasteiger partial charge in [-0.15, -0.1) is 0 Å². The molecule has 9 aromatic rings. The first-order chi connectivity index (χ1) is 56.6. The van der Waals surface area contributed by atoms with Gasteiger partial charge in [0.2, 0.25) is 11.9 Å². The highest BCUT2D eigenvalue weighted by atomic mass is 79.9. The Kier molecular flexibility index (Phi) is 44.1. The van der Waals surface area contributed by atoms with E-state index < -0.39 is 39.3 Å². The summed E-state index contributed by atoms with van der Waals surface area (Å²) >= 11 is 56.1. The van der Waals surface area contributed by atoms with Crippen LogP contribution in [0.25, 0.3) is 0 Å². The van der Waals surface area contributed by atoms with Crippen LogP contribution in [-0.2, 0) is 93.4 Å². The largest absolute Gasteiger partial charge is 0.379 e. The van der Waals surface area contributed by atoms with Gasteiger partial charge < -0.3 is 40.8 Å². The molecule has 0 aliphatic carbocycles. The molecule has 3 aliphatic heterocycles. The molecule has 3 atom stereocenters. The Balaban J connectivity index is 0.000000224. The highest BCUT2D eigenvalue weighted by Gasteiger charge is 2.30. The number of aromatic nitrogens is 4. The van der Waals surface area contributed by atoms with Gasteiger partial charge in [0.25, 0.3) is 0 Å². The molecule has 2 unspecified atom stereocenters. The lowest BCUT2D eigenvalue weighted by atomic mass is 10.0. The fourth-order valence-electron chi connectivity index (χ4n) is 12.1. The quantitative estimate of drug-likeness (QED) is 0.0471. The number of aldehydes is 2. The Bertz CT molecular complexity index is 5220. The van der Waals surface area contributed by atoms with Crippen molar-refractivity contribution in [2.24, 2.45) is 0 Å². The molecule has 12 rings (SSSR count). The van der Waals surface area contributed by atoms with Crippen LogP contribution in [0, 0.1) is 13.8 Å². The standard InChI is InChI=1S/2C18H23ClN4O3S.C13H18ClNO3S.C9H9ClO3S.C9H9ClOS.C8H8BrClS.C7H5Br2Cl/c2*1-12-8-17(22-18(20)21-12)23-6-3-7-26-10-16(23)14-5-4-13(9-15(14)19)11-27(2,24)25;1-19(16,17)9-10-3-4-11(12(14)7-10)13-8-18-6-2-5-15-13;1-14(12,13)6-7-2-3-8(5-11)9(10)4-7;1-12-6-7-2-3-8(5-11)9(10)4-7;1-11-5-6-2-3-7(9)8(10)4-6;8-4-5-1-2-6(9)7(10)3-5/h2*4-5,8-9,16H,3,6-7,10-11H2,1-2H3,(H2,20,21,22);3-4,7,13,15H,2,5-6,8-9H2,1H3;2-5H,6H2,1H3;2-5H,6H2,1H3;2-4H,5H2,1H3;1-3H,4H2/t16-;;;;;;/m0....../s1. The maximum Gasteiger partial charge on any atom is 0.222 e. The number of alkyl halides is 1. The van der Waals surface area contributed by atoms with Crippen molar-refractivity contribution in [3.63, 3.8) is 0 Å². The number of rotatable bonds is 20. The van der Waals surface area contributed by atoms with Gasteiger partial charge in [-0.25, -0.2) is 43.6 Å². The number of sulfone groups is 4. The molecule has 38 heteroatoms. The predicted molar refractivity (Wildman–Crippen MR) is 507 cm³/mol. The van der Waals surface area contributed by atoms with Crippen molar-refractivity contribution in [2.45, 2.75) is 91.1 Å². The van der Waals surface area contributed by atoms with E-state index >= 15 is 0 Å². The van der Waals surface area contributed by atoms with Crippen molar-refractivity contribution in [1.82, 2.24) is 25.3 Å². The summed E-state index contributed by atoms with van der Waals surface area (Å²) in [6.45, 7) is 9.67. The summed E-state index contributed by atoms with van der Waals surface area (Å²) in [6.07, 6.45) is 13.0. The number of halogens is 10. The molecular weight excluding hydrogens is 2000 g/mol. The Morgan fingerprint density at radius 3 is 1.12 bits per heavy atom. The average molecular weight is 2090 g/mol. The van der Waals surface area contributed by atoms with Crippen molar-refractivity contribution in [3.8, 4) is 0 Å². The van der Waals surface area contributed by atoms with Crippen LogP contribution in [0.3, 0.4) is 0 Å². The highest BCUT2D eigenvalue weighted by molar-refractivity contribution is 9.11. The first-order valence-electron chi connectivity index (χ1n) is 36.8. The van der Waals surface area contributed by atoms with Crippen molar-refractivity contribution in [1.29, 1.82) is 0 Å². The van der Waals surface area contributed by atoms with Gasteiger partial charge in [-0.2, -0.15) is 33.5 Å². The number of thioether (sulfide) groups is 2. The van der Waals surface area contributed by atoms with Crippen LogP contribution >= 0.6 is 153 Å². The Labute approximate surface area is 773 Å². The monoisotopic (exact) mass is 2090 g/mol. The lowest BCUT2D eigenvalue weighted by Crippen LogP contribution is -2.32. The summed E-state index contributed by atoms with van der Waals surface area (Å²) in [5.41, 5.74) is 23.1. The Morgan fingerprint density at radius 1 is 0.442 bits per heavy atom. The number of hydrogen-bond acceptors (Lipinski definition) is 24. The number of nitrogens with zero attached hydrogens (tertiary/aromatic N) is 6. The van der Waals surface area contributed by atoms with E-state index in [9.17, 15) is 43.3 Å². The van der Waals surface area contributed by atoms with E-state index in [-0.39, 0.29) is 58.1 Å². The number of ether oxygens (including phenoxy) is 3. The second-order valence-corrected chi connectivity index (χ2v) is 43.4. The van der Waals surface area contributed by atoms with Gasteiger partial charge >= 0.3 is 0 Å². The summed E-state index contributed by atoms with van der Waals surface area (Å²) in [5, 5.41) is 8.20. The zero-order valence-corrected chi connectivity index (χ0v) is 81.9. The number of benzene rings is 7. The minimum atomic E-state index is -3.13. The lowest BCUT2D eigenvalue weighted by molar-refractivity contribution is 0.111. The number of carbonyl (C=O) groups excluding carboxylic acids is 2. The molecule has 0 radical (unpaired) electrons. The normalized spacial score (nSPS) is 15.6. The number of anilines is 4. The van der Waals surface area contributed by atoms with Crippen molar-refractivity contribution >= 4 is 228 Å². The zero-order chi connectivity index (χ0) is 88.7. The van der Waals surface area contributed by atoms with E-state index in [2.05, 4.69) is 95.2 Å². The Morgan fingerprint density at radius 2 is 0.767 bits per heavy atom. The number of carbonyl (C=O) groups is 2. The molecular formula is C82H95Br3Cl7N9O13S6. The van der Waals surface area contributed by atoms with Crippen LogP contribution in [0.4, 0.5) is 23.5 Å². The second-order valence-electron chi connectivity index (χ2n) is 28.0. The summed E-state index contributed by atoms with van der Waals surface area (Å²) < 4.78 is 110. The fourth-order valence-corrected chi connectivity index (χ4v) is 19.0. The molecule has 3 saturated heterocycles. The first kappa shape index (κ1) is 104. The summed E-state index contributed by atoms with van der Waals surface area (Å²) in [5.74, 6) is 3.73. The topological polar surface area (TPSA) is 320 Å². The molecule has 0 bridgehead atoms. The van der Waals surface area contributed by atoms with Crippen molar-refractivity contribution in [2.75, 3.05) is 118 Å². The number of nitrogens with one attached hydrogen (secondary N) is 1. The van der Waals surface area contributed by atoms with Gasteiger partial charge in [0.1, 0.15) is 11.6 Å². The van der Waals surface area contributed by atoms with Gasteiger partial charge in [0.15, 0.2) is 51.9 Å². The van der Waals surface area contributed by atoms with E-state index in [1.165, 1.54) is 42.0 Å². The van der Waals surface area contributed by atoms with Crippen LogP contribution < -0.4 is 26.6 Å². The Hall–Kier alpha value is -4.95. The molecule has 0 amide bonds. The molecule has 3 aliphatic rings. The van der Waals surface area contributed by atoms with Gasteiger partial charge in [-0.1, -0.05) is 158 Å². The third kappa shape index (κ3) is 37.3. The van der Waals surface area contributed by atoms with Gasteiger partial charge in [0.05, 0.1) is 81.0 Å². The maximum absolute atomic E-state index is 11.5. The number of nitrogens with two attached hydrogens (primary N) is 2. The maximum atomic E-state index is 11.5. The first-order valence-corrected chi connectivity index (χ1v) is 53.1. The molecule has 5 heterocycles.